The highest BCUT2D eigenvalue weighted by atomic mass is 32.2. The second-order valence-electron chi connectivity index (χ2n) is 7.73. The second-order valence-corrected chi connectivity index (χ2v) is 9.59. The molecule has 194 valence electrons. The van der Waals surface area contributed by atoms with Gasteiger partial charge in [-0.1, -0.05) is 36.4 Å². The topological polar surface area (TPSA) is 124 Å². The fourth-order valence-electron chi connectivity index (χ4n) is 3.24. The van der Waals surface area contributed by atoms with Crippen LogP contribution in [0.3, 0.4) is 0 Å². The molecular formula is C26H27N3O7S. The molecular weight excluding hydrogens is 498 g/mol. The van der Waals surface area contributed by atoms with E-state index >= 15 is 0 Å². The molecule has 0 spiro atoms. The number of rotatable bonds is 11. The van der Waals surface area contributed by atoms with E-state index in [2.05, 4.69) is 15.3 Å². The maximum absolute atomic E-state index is 13.5. The third-order valence-corrected chi connectivity index (χ3v) is 6.84. The largest absolute Gasteiger partial charge is 0.495 e. The van der Waals surface area contributed by atoms with E-state index in [1.165, 1.54) is 32.6 Å². The monoisotopic (exact) mass is 525 g/mol. The van der Waals surface area contributed by atoms with Crippen LogP contribution in [0.15, 0.2) is 82.8 Å². The molecule has 3 rings (SSSR count). The van der Waals surface area contributed by atoms with Gasteiger partial charge in [-0.2, -0.15) is 5.10 Å². The smallest absolute Gasteiger partial charge is 0.343 e. The van der Waals surface area contributed by atoms with Crippen LogP contribution in [0.5, 0.6) is 11.5 Å². The summed E-state index contributed by atoms with van der Waals surface area (Å²) in [5.74, 6) is -0.485. The lowest BCUT2D eigenvalue weighted by Gasteiger charge is -2.25. The number of nitrogens with zero attached hydrogens (tertiary/aromatic N) is 2. The number of hydrazone groups is 1. The van der Waals surface area contributed by atoms with E-state index in [1.54, 1.807) is 60.7 Å². The minimum Gasteiger partial charge on any atom is -0.495 e. The molecule has 0 atom stereocenters. The highest BCUT2D eigenvalue weighted by Crippen LogP contribution is 2.33. The quantitative estimate of drug-likeness (QED) is 0.232. The molecule has 0 aliphatic heterocycles. The van der Waals surface area contributed by atoms with Crippen molar-refractivity contribution >= 4 is 33.8 Å². The predicted octanol–water partition coefficient (Wildman–Crippen LogP) is 2.90. The van der Waals surface area contributed by atoms with E-state index in [4.69, 9.17) is 9.47 Å². The van der Waals surface area contributed by atoms with Gasteiger partial charge in [-0.05, 0) is 54.4 Å². The number of carbonyl (C=O) groups excluding carboxylic acids is 2. The first kappa shape index (κ1) is 27.2. The number of ether oxygens (including phenoxy) is 3. The molecule has 0 radical (unpaired) electrons. The average Bonchev–Trinajstić information content (AvgIpc) is 2.91. The van der Waals surface area contributed by atoms with Crippen molar-refractivity contribution < 1.29 is 32.2 Å². The number of hydrogen-bond donors (Lipinski definition) is 1. The molecule has 0 aromatic heterocycles. The van der Waals surface area contributed by atoms with Crippen LogP contribution >= 0.6 is 0 Å². The van der Waals surface area contributed by atoms with Crippen molar-refractivity contribution in [3.8, 4) is 11.5 Å². The number of nitrogens with one attached hydrogen (secondary N) is 1. The maximum atomic E-state index is 13.5. The fraction of sp³-hybridized carbons (Fsp3) is 0.192. The SMILES string of the molecule is COC(=O)COc1cccc(/C=N\NC(=O)CN(c2cc(C)ccc2OC)S(=O)(=O)c2ccccc2)c1. The summed E-state index contributed by atoms with van der Waals surface area (Å²) in [4.78, 5) is 24.1. The molecule has 1 amide bonds. The van der Waals surface area contributed by atoms with Gasteiger partial charge in [-0.15, -0.1) is 0 Å². The van der Waals surface area contributed by atoms with Gasteiger partial charge in [0.05, 0.1) is 31.0 Å². The average molecular weight is 526 g/mol. The van der Waals surface area contributed by atoms with E-state index in [9.17, 15) is 18.0 Å². The Morgan fingerprint density at radius 1 is 1.00 bits per heavy atom. The summed E-state index contributed by atoms with van der Waals surface area (Å²) in [6.07, 6.45) is 1.37. The first-order chi connectivity index (χ1) is 17.7. The number of benzene rings is 3. The predicted molar refractivity (Wildman–Crippen MR) is 138 cm³/mol. The zero-order valence-electron chi connectivity index (χ0n) is 20.6. The normalized spacial score (nSPS) is 11.1. The molecule has 37 heavy (non-hydrogen) atoms. The lowest BCUT2D eigenvalue weighted by Crippen LogP contribution is -2.39. The molecule has 0 saturated heterocycles. The Hall–Kier alpha value is -4.38. The molecule has 10 nitrogen and oxygen atoms in total. The summed E-state index contributed by atoms with van der Waals surface area (Å²) < 4.78 is 43.3. The Morgan fingerprint density at radius 2 is 1.76 bits per heavy atom. The van der Waals surface area contributed by atoms with Crippen LogP contribution in [0.25, 0.3) is 0 Å². The molecule has 0 unspecified atom stereocenters. The van der Waals surface area contributed by atoms with Crippen LogP contribution in [0.2, 0.25) is 0 Å². The summed E-state index contributed by atoms with van der Waals surface area (Å²) in [6, 6.07) is 19.5. The van der Waals surface area contributed by atoms with E-state index < -0.39 is 28.4 Å². The van der Waals surface area contributed by atoms with Crippen molar-refractivity contribution in [1.29, 1.82) is 0 Å². The summed E-state index contributed by atoms with van der Waals surface area (Å²) >= 11 is 0. The summed E-state index contributed by atoms with van der Waals surface area (Å²) in [5.41, 5.74) is 3.95. The van der Waals surface area contributed by atoms with Crippen LogP contribution in [-0.4, -0.2) is 53.9 Å². The van der Waals surface area contributed by atoms with Crippen molar-refractivity contribution in [1.82, 2.24) is 5.43 Å². The minimum absolute atomic E-state index is 0.0265. The van der Waals surface area contributed by atoms with Crippen molar-refractivity contribution in [2.45, 2.75) is 11.8 Å². The van der Waals surface area contributed by atoms with Gasteiger partial charge in [0.1, 0.15) is 18.0 Å². The van der Waals surface area contributed by atoms with Crippen molar-refractivity contribution in [2.24, 2.45) is 5.10 Å². The number of anilines is 1. The Balaban J connectivity index is 1.80. The van der Waals surface area contributed by atoms with Gasteiger partial charge in [0.25, 0.3) is 15.9 Å². The van der Waals surface area contributed by atoms with Crippen LogP contribution in [0.1, 0.15) is 11.1 Å². The standard InChI is InChI=1S/C26H27N3O7S/c1-19-12-13-24(34-2)23(14-19)29(37(32,33)22-10-5-4-6-11-22)17-25(30)28-27-16-20-8-7-9-21(15-20)36-18-26(31)35-3/h4-16H,17-18H2,1-3H3,(H,28,30)/b27-16-. The fourth-order valence-corrected chi connectivity index (χ4v) is 4.69. The van der Waals surface area contributed by atoms with Crippen molar-refractivity contribution in [3.63, 3.8) is 0 Å². The van der Waals surface area contributed by atoms with E-state index in [-0.39, 0.29) is 17.2 Å². The van der Waals surface area contributed by atoms with Gasteiger partial charge < -0.3 is 14.2 Å². The number of hydrogen-bond acceptors (Lipinski definition) is 8. The number of amides is 1. The van der Waals surface area contributed by atoms with Crippen LogP contribution in [-0.2, 0) is 24.3 Å². The second kappa shape index (κ2) is 12.5. The summed E-state index contributed by atoms with van der Waals surface area (Å²) in [7, 11) is -1.42. The van der Waals surface area contributed by atoms with Crippen molar-refractivity contribution in [2.75, 3.05) is 31.7 Å². The molecule has 0 bridgehead atoms. The van der Waals surface area contributed by atoms with Gasteiger partial charge >= 0.3 is 5.97 Å². The number of carbonyl (C=O) groups is 2. The first-order valence-corrected chi connectivity index (χ1v) is 12.5. The molecule has 3 aromatic rings. The van der Waals surface area contributed by atoms with Crippen molar-refractivity contribution in [3.05, 3.63) is 83.9 Å². The molecule has 3 aromatic carbocycles. The zero-order valence-corrected chi connectivity index (χ0v) is 21.4. The van der Waals surface area contributed by atoms with Gasteiger partial charge in [0.15, 0.2) is 6.61 Å². The van der Waals surface area contributed by atoms with E-state index in [0.29, 0.717) is 17.1 Å². The minimum atomic E-state index is -4.11. The van der Waals surface area contributed by atoms with Crippen LogP contribution in [0, 0.1) is 6.92 Å². The molecule has 0 saturated carbocycles. The Morgan fingerprint density at radius 3 is 2.46 bits per heavy atom. The first-order valence-electron chi connectivity index (χ1n) is 11.1. The Kier molecular flexibility index (Phi) is 9.22. The lowest BCUT2D eigenvalue weighted by molar-refractivity contribution is -0.142. The maximum Gasteiger partial charge on any atom is 0.343 e. The third-order valence-electron chi connectivity index (χ3n) is 5.07. The number of aryl methyl sites for hydroxylation is 1. The molecule has 1 N–H and O–H groups in total. The molecule has 0 aliphatic rings. The lowest BCUT2D eigenvalue weighted by atomic mass is 10.2. The summed E-state index contributed by atoms with van der Waals surface area (Å²) in [6.45, 7) is 1.02. The number of esters is 1. The highest BCUT2D eigenvalue weighted by Gasteiger charge is 2.29. The number of methoxy groups -OCH3 is 2. The van der Waals surface area contributed by atoms with E-state index in [1.807, 2.05) is 6.92 Å². The third kappa shape index (κ3) is 7.31. The highest BCUT2D eigenvalue weighted by molar-refractivity contribution is 7.92. The van der Waals surface area contributed by atoms with Gasteiger partial charge in [-0.3, -0.25) is 9.10 Å². The molecule has 0 heterocycles. The summed E-state index contributed by atoms with van der Waals surface area (Å²) in [5, 5.41) is 3.93. The Labute approximate surface area is 215 Å². The molecule has 0 fully saturated rings. The Bertz CT molecular complexity index is 1380. The van der Waals surface area contributed by atoms with Gasteiger partial charge in [0.2, 0.25) is 0 Å². The molecule has 0 aliphatic carbocycles. The zero-order chi connectivity index (χ0) is 26.8. The van der Waals surface area contributed by atoms with Gasteiger partial charge in [0, 0.05) is 0 Å². The molecule has 11 heteroatoms. The van der Waals surface area contributed by atoms with Gasteiger partial charge in [-0.25, -0.2) is 18.6 Å². The van der Waals surface area contributed by atoms with Crippen LogP contribution < -0.4 is 19.2 Å². The van der Waals surface area contributed by atoms with Crippen LogP contribution in [0.4, 0.5) is 5.69 Å². The van der Waals surface area contributed by atoms with E-state index in [0.717, 1.165) is 9.87 Å². The number of sulfonamides is 1.